The van der Waals surface area contributed by atoms with Gasteiger partial charge in [-0.25, -0.2) is 5.06 Å². The Hall–Kier alpha value is -2.39. The van der Waals surface area contributed by atoms with Crippen molar-refractivity contribution in [3.8, 4) is 11.1 Å². The highest BCUT2D eigenvalue weighted by atomic mass is 16.5. The molecule has 0 bridgehead atoms. The average Bonchev–Trinajstić information content (AvgIpc) is 2.53. The van der Waals surface area contributed by atoms with Crippen molar-refractivity contribution in [3.05, 3.63) is 66.2 Å². The number of hydroxylamine groups is 2. The molecular formula is C18H19NO2. The lowest BCUT2D eigenvalue weighted by atomic mass is 10.0. The van der Waals surface area contributed by atoms with E-state index in [2.05, 4.69) is 24.3 Å². The topological polar surface area (TPSA) is 40.5 Å². The molecule has 0 unspecified atom stereocenters. The molecule has 1 atom stereocenters. The minimum absolute atomic E-state index is 0.351. The highest BCUT2D eigenvalue weighted by molar-refractivity contribution is 5.72. The van der Waals surface area contributed by atoms with Crippen LogP contribution in [0.5, 0.6) is 0 Å². The Balaban J connectivity index is 2.08. The molecule has 0 spiro atoms. The fourth-order valence-electron chi connectivity index (χ4n) is 2.04. The summed E-state index contributed by atoms with van der Waals surface area (Å²) in [5.41, 5.74) is 3.37. The maximum Gasteiger partial charge on any atom is 0.243 e. The Bertz CT molecular complexity index is 617. The van der Waals surface area contributed by atoms with Gasteiger partial charge in [0.05, 0.1) is 6.04 Å². The molecule has 0 fully saturated rings. The first kappa shape index (κ1) is 15.0. The predicted octanol–water partition coefficient (Wildman–Crippen LogP) is 3.99. The smallest absolute Gasteiger partial charge is 0.243 e. The largest absolute Gasteiger partial charge is 0.285 e. The van der Waals surface area contributed by atoms with Crippen molar-refractivity contribution in [2.24, 2.45) is 0 Å². The Morgan fingerprint density at radius 1 is 1.05 bits per heavy atom. The van der Waals surface area contributed by atoms with Gasteiger partial charge in [-0.05, 0) is 23.6 Å². The number of amides is 1. The van der Waals surface area contributed by atoms with Gasteiger partial charge < -0.3 is 0 Å². The molecule has 1 amide bonds. The normalized spacial score (nSPS) is 12.3. The summed E-state index contributed by atoms with van der Waals surface area (Å²) in [4.78, 5) is 11.0. The van der Waals surface area contributed by atoms with Crippen LogP contribution in [-0.4, -0.2) is 22.2 Å². The van der Waals surface area contributed by atoms with E-state index in [0.717, 1.165) is 16.2 Å². The minimum Gasteiger partial charge on any atom is -0.285 e. The molecule has 0 radical (unpaired) electrons. The molecule has 0 aliphatic heterocycles. The van der Waals surface area contributed by atoms with Crippen molar-refractivity contribution in [2.75, 3.05) is 0 Å². The Labute approximate surface area is 125 Å². The fourth-order valence-corrected chi connectivity index (χ4v) is 2.04. The van der Waals surface area contributed by atoms with E-state index in [1.165, 1.54) is 12.5 Å². The first-order valence-corrected chi connectivity index (χ1v) is 6.90. The summed E-state index contributed by atoms with van der Waals surface area (Å²) in [6.07, 6.45) is 3.69. The second-order valence-corrected chi connectivity index (χ2v) is 4.95. The third-order valence-electron chi connectivity index (χ3n) is 3.29. The van der Waals surface area contributed by atoms with Gasteiger partial charge in [-0.1, -0.05) is 66.7 Å². The van der Waals surface area contributed by atoms with Crippen LogP contribution >= 0.6 is 0 Å². The van der Waals surface area contributed by atoms with Gasteiger partial charge in [0, 0.05) is 6.92 Å². The third-order valence-corrected chi connectivity index (χ3v) is 3.29. The zero-order valence-electron chi connectivity index (χ0n) is 12.2. The summed E-state index contributed by atoms with van der Waals surface area (Å²) >= 11 is 0. The molecule has 0 heterocycles. The SMILES string of the molecule is CC(=O)N(O)[C@@H](C)/C=C/c1ccc(-c2ccccc2)cc1. The van der Waals surface area contributed by atoms with Gasteiger partial charge in [0.2, 0.25) is 5.91 Å². The van der Waals surface area contributed by atoms with Crippen LogP contribution in [0.1, 0.15) is 19.4 Å². The van der Waals surface area contributed by atoms with E-state index >= 15 is 0 Å². The third kappa shape index (κ3) is 4.04. The van der Waals surface area contributed by atoms with Crippen molar-refractivity contribution < 1.29 is 10.0 Å². The summed E-state index contributed by atoms with van der Waals surface area (Å²) in [5.74, 6) is -0.369. The number of hydrogen-bond acceptors (Lipinski definition) is 2. The molecular weight excluding hydrogens is 262 g/mol. The van der Waals surface area contributed by atoms with E-state index in [4.69, 9.17) is 0 Å². The minimum atomic E-state index is -0.369. The van der Waals surface area contributed by atoms with E-state index in [0.29, 0.717) is 0 Å². The van der Waals surface area contributed by atoms with Crippen molar-refractivity contribution >= 4 is 12.0 Å². The van der Waals surface area contributed by atoms with E-state index in [1.807, 2.05) is 36.4 Å². The lowest BCUT2D eigenvalue weighted by Crippen LogP contribution is -2.32. The molecule has 3 nitrogen and oxygen atoms in total. The number of benzene rings is 2. The number of carbonyl (C=O) groups is 1. The second-order valence-electron chi connectivity index (χ2n) is 4.95. The highest BCUT2D eigenvalue weighted by Gasteiger charge is 2.10. The summed E-state index contributed by atoms with van der Waals surface area (Å²) in [5, 5.41) is 10.2. The van der Waals surface area contributed by atoms with Crippen molar-refractivity contribution in [1.82, 2.24) is 5.06 Å². The fraction of sp³-hybridized carbons (Fsp3) is 0.167. The van der Waals surface area contributed by atoms with Gasteiger partial charge in [-0.3, -0.25) is 10.0 Å². The van der Waals surface area contributed by atoms with E-state index in [1.54, 1.807) is 13.0 Å². The van der Waals surface area contributed by atoms with Gasteiger partial charge in [-0.15, -0.1) is 0 Å². The summed E-state index contributed by atoms with van der Waals surface area (Å²) < 4.78 is 0. The van der Waals surface area contributed by atoms with Crippen LogP contribution in [0, 0.1) is 0 Å². The number of rotatable bonds is 4. The van der Waals surface area contributed by atoms with Crippen LogP contribution in [0.15, 0.2) is 60.7 Å². The van der Waals surface area contributed by atoms with Gasteiger partial charge >= 0.3 is 0 Å². The van der Waals surface area contributed by atoms with Crippen LogP contribution in [0.4, 0.5) is 0 Å². The first-order valence-electron chi connectivity index (χ1n) is 6.90. The lowest BCUT2D eigenvalue weighted by Gasteiger charge is -2.17. The molecule has 1 N–H and O–H groups in total. The van der Waals surface area contributed by atoms with Crippen LogP contribution < -0.4 is 0 Å². The van der Waals surface area contributed by atoms with E-state index < -0.39 is 0 Å². The summed E-state index contributed by atoms with van der Waals surface area (Å²) in [7, 11) is 0. The van der Waals surface area contributed by atoms with Crippen LogP contribution in [-0.2, 0) is 4.79 Å². The quantitative estimate of drug-likeness (QED) is 0.680. The molecule has 0 aliphatic carbocycles. The summed E-state index contributed by atoms with van der Waals surface area (Å²) in [6, 6.07) is 18.0. The number of hydrogen-bond donors (Lipinski definition) is 1. The van der Waals surface area contributed by atoms with Gasteiger partial charge in [0.15, 0.2) is 0 Å². The van der Waals surface area contributed by atoms with Crippen molar-refractivity contribution in [1.29, 1.82) is 0 Å². The molecule has 0 saturated heterocycles. The second kappa shape index (κ2) is 6.86. The highest BCUT2D eigenvalue weighted by Crippen LogP contribution is 2.19. The average molecular weight is 281 g/mol. The number of nitrogens with zero attached hydrogens (tertiary/aromatic N) is 1. The Morgan fingerprint density at radius 3 is 2.19 bits per heavy atom. The Morgan fingerprint density at radius 2 is 1.62 bits per heavy atom. The summed E-state index contributed by atoms with van der Waals surface area (Å²) in [6.45, 7) is 3.09. The van der Waals surface area contributed by atoms with Crippen LogP contribution in [0.25, 0.3) is 17.2 Å². The van der Waals surface area contributed by atoms with Gasteiger partial charge in [0.1, 0.15) is 0 Å². The Kier molecular flexibility index (Phi) is 4.90. The van der Waals surface area contributed by atoms with Crippen molar-refractivity contribution in [2.45, 2.75) is 19.9 Å². The maximum absolute atomic E-state index is 11.0. The molecule has 0 aromatic heterocycles. The molecule has 3 heteroatoms. The molecule has 2 rings (SSSR count). The number of carbonyl (C=O) groups excluding carboxylic acids is 1. The molecule has 2 aromatic carbocycles. The molecule has 0 aliphatic rings. The zero-order valence-corrected chi connectivity index (χ0v) is 12.2. The van der Waals surface area contributed by atoms with E-state index in [-0.39, 0.29) is 11.9 Å². The van der Waals surface area contributed by atoms with Crippen molar-refractivity contribution in [3.63, 3.8) is 0 Å². The zero-order chi connectivity index (χ0) is 15.2. The first-order chi connectivity index (χ1) is 10.1. The van der Waals surface area contributed by atoms with E-state index in [9.17, 15) is 10.0 Å². The predicted molar refractivity (Wildman–Crippen MR) is 84.7 cm³/mol. The van der Waals surface area contributed by atoms with Crippen LogP contribution in [0.3, 0.4) is 0 Å². The molecule has 21 heavy (non-hydrogen) atoms. The lowest BCUT2D eigenvalue weighted by molar-refractivity contribution is -0.167. The maximum atomic E-state index is 11.0. The monoisotopic (exact) mass is 281 g/mol. The standard InChI is InChI=1S/C18H19NO2/c1-14(19(21)15(2)20)8-9-16-10-12-18(13-11-16)17-6-4-3-5-7-17/h3-14,21H,1-2H3/b9-8+/t14-/m0/s1. The molecule has 0 saturated carbocycles. The molecule has 2 aromatic rings. The van der Waals surface area contributed by atoms with Gasteiger partial charge in [0.25, 0.3) is 0 Å². The van der Waals surface area contributed by atoms with Gasteiger partial charge in [-0.2, -0.15) is 0 Å². The van der Waals surface area contributed by atoms with Crippen LogP contribution in [0.2, 0.25) is 0 Å². The molecule has 108 valence electrons.